The summed E-state index contributed by atoms with van der Waals surface area (Å²) < 4.78 is 5.89. The van der Waals surface area contributed by atoms with Crippen molar-refractivity contribution < 1.29 is 24.5 Å². The van der Waals surface area contributed by atoms with Crippen molar-refractivity contribution in [3.05, 3.63) is 131 Å². The van der Waals surface area contributed by atoms with Crippen molar-refractivity contribution >= 4 is 11.9 Å². The first kappa shape index (κ1) is 23.8. The monoisotopic (exact) mass is 466 g/mol. The van der Waals surface area contributed by atoms with Crippen molar-refractivity contribution in [2.24, 2.45) is 5.92 Å². The molecular formula is C30H26O5. The van der Waals surface area contributed by atoms with Crippen LogP contribution in [-0.4, -0.2) is 22.2 Å². The molecule has 5 heteroatoms. The third kappa shape index (κ3) is 6.58. The molecule has 176 valence electrons. The summed E-state index contributed by atoms with van der Waals surface area (Å²) in [4.78, 5) is 23.0. The van der Waals surface area contributed by atoms with Gasteiger partial charge in [-0.15, -0.1) is 0 Å². The molecule has 1 unspecified atom stereocenters. The van der Waals surface area contributed by atoms with E-state index < -0.39 is 11.9 Å². The van der Waals surface area contributed by atoms with Gasteiger partial charge in [-0.3, -0.25) is 0 Å². The van der Waals surface area contributed by atoms with Crippen LogP contribution in [0.1, 0.15) is 37.4 Å². The first-order chi connectivity index (χ1) is 17.0. The Morgan fingerprint density at radius 3 is 1.66 bits per heavy atom. The lowest BCUT2D eigenvalue weighted by Crippen LogP contribution is -2.14. The molecule has 0 aliphatic carbocycles. The number of carboxylic acid groups (broad SMARTS) is 2. The topological polar surface area (TPSA) is 83.8 Å². The summed E-state index contributed by atoms with van der Waals surface area (Å²) in [5.74, 6) is -0.753. The average molecular weight is 467 g/mol. The molecule has 0 heterocycles. The molecule has 4 aromatic carbocycles. The molecule has 0 saturated carbocycles. The molecule has 0 aliphatic rings. The fourth-order valence-electron chi connectivity index (χ4n) is 4.23. The van der Waals surface area contributed by atoms with E-state index in [4.69, 9.17) is 4.74 Å². The number of benzene rings is 4. The van der Waals surface area contributed by atoms with Crippen molar-refractivity contribution in [3.63, 3.8) is 0 Å². The predicted octanol–water partition coefficient (Wildman–Crippen LogP) is 6.52. The Morgan fingerprint density at radius 1 is 0.571 bits per heavy atom. The molecule has 0 spiro atoms. The second-order valence-electron chi connectivity index (χ2n) is 8.51. The molecular weight excluding hydrogens is 440 g/mol. The molecule has 0 aliphatic heterocycles. The fraction of sp³-hybridized carbons (Fsp3) is 0.133. The van der Waals surface area contributed by atoms with Gasteiger partial charge in [-0.25, -0.2) is 9.59 Å². The minimum Gasteiger partial charge on any atom is -0.478 e. The van der Waals surface area contributed by atoms with Gasteiger partial charge in [-0.05, 0) is 78.3 Å². The maximum absolute atomic E-state index is 11.6. The lowest BCUT2D eigenvalue weighted by molar-refractivity contribution is 0.0651. The molecule has 0 aromatic heterocycles. The highest BCUT2D eigenvalue weighted by molar-refractivity contribution is 6.01. The molecule has 1 atom stereocenters. The van der Waals surface area contributed by atoms with Gasteiger partial charge in [0.15, 0.2) is 0 Å². The van der Waals surface area contributed by atoms with E-state index in [1.807, 2.05) is 72.8 Å². The molecule has 0 fully saturated rings. The predicted molar refractivity (Wildman–Crippen MR) is 134 cm³/mol. The highest BCUT2D eigenvalue weighted by atomic mass is 16.5. The van der Waals surface area contributed by atoms with E-state index in [-0.39, 0.29) is 17.0 Å². The van der Waals surface area contributed by atoms with Gasteiger partial charge in [0.25, 0.3) is 0 Å². The Hall–Kier alpha value is -4.38. The molecule has 4 rings (SSSR count). The number of hydrogen-bond acceptors (Lipinski definition) is 3. The van der Waals surface area contributed by atoms with Crippen molar-refractivity contribution in [1.82, 2.24) is 0 Å². The number of para-hydroxylation sites is 1. The first-order valence-electron chi connectivity index (χ1n) is 11.4. The Labute approximate surface area is 204 Å². The molecule has 5 nitrogen and oxygen atoms in total. The lowest BCUT2D eigenvalue weighted by atomic mass is 9.86. The third-order valence-corrected chi connectivity index (χ3v) is 5.86. The SMILES string of the molecule is O=C(O)c1ccc(CC(Cc2ccccc2)Cc2ccc(Oc3ccccc3)cc2)cc1C(=O)O. The van der Waals surface area contributed by atoms with E-state index in [0.717, 1.165) is 35.5 Å². The van der Waals surface area contributed by atoms with Gasteiger partial charge in [-0.2, -0.15) is 0 Å². The van der Waals surface area contributed by atoms with Crippen LogP contribution >= 0.6 is 0 Å². The van der Waals surface area contributed by atoms with Crippen LogP contribution < -0.4 is 4.74 Å². The number of ether oxygens (including phenoxy) is 1. The van der Waals surface area contributed by atoms with E-state index in [9.17, 15) is 19.8 Å². The van der Waals surface area contributed by atoms with E-state index in [2.05, 4.69) is 12.1 Å². The second kappa shape index (κ2) is 11.2. The van der Waals surface area contributed by atoms with Crippen LogP contribution in [0.3, 0.4) is 0 Å². The lowest BCUT2D eigenvalue weighted by Gasteiger charge is -2.18. The fourth-order valence-corrected chi connectivity index (χ4v) is 4.23. The molecule has 0 amide bonds. The smallest absolute Gasteiger partial charge is 0.336 e. The van der Waals surface area contributed by atoms with E-state index in [1.165, 1.54) is 17.7 Å². The van der Waals surface area contributed by atoms with E-state index in [0.29, 0.717) is 6.42 Å². The summed E-state index contributed by atoms with van der Waals surface area (Å²) in [6.45, 7) is 0. The molecule has 35 heavy (non-hydrogen) atoms. The van der Waals surface area contributed by atoms with Gasteiger partial charge in [0.2, 0.25) is 0 Å². The van der Waals surface area contributed by atoms with Gasteiger partial charge in [0.05, 0.1) is 11.1 Å². The van der Waals surface area contributed by atoms with Crippen LogP contribution in [-0.2, 0) is 19.3 Å². The summed E-state index contributed by atoms with van der Waals surface area (Å²) in [7, 11) is 0. The van der Waals surface area contributed by atoms with Crippen LogP contribution in [0, 0.1) is 5.92 Å². The maximum atomic E-state index is 11.6. The third-order valence-electron chi connectivity index (χ3n) is 5.86. The van der Waals surface area contributed by atoms with E-state index >= 15 is 0 Å². The molecule has 2 N–H and O–H groups in total. The number of aromatic carboxylic acids is 2. The van der Waals surface area contributed by atoms with Crippen molar-refractivity contribution in [1.29, 1.82) is 0 Å². The average Bonchev–Trinajstić information content (AvgIpc) is 2.86. The van der Waals surface area contributed by atoms with Gasteiger partial charge >= 0.3 is 11.9 Å². The van der Waals surface area contributed by atoms with Gasteiger partial charge in [0.1, 0.15) is 11.5 Å². The van der Waals surface area contributed by atoms with Gasteiger partial charge < -0.3 is 14.9 Å². The Kier molecular flexibility index (Phi) is 7.58. The standard InChI is InChI=1S/C30H26O5/c31-29(32)27-16-13-23(20-28(27)30(33)34)19-24(17-21-7-3-1-4-8-21)18-22-11-14-26(15-12-22)35-25-9-5-2-6-10-25/h1-16,20,24H,17-19H2,(H,31,32)(H,33,34). The van der Waals surface area contributed by atoms with Gasteiger partial charge in [0, 0.05) is 0 Å². The Bertz CT molecular complexity index is 1280. The van der Waals surface area contributed by atoms with Crippen LogP contribution in [0.2, 0.25) is 0 Å². The highest BCUT2D eigenvalue weighted by Gasteiger charge is 2.19. The number of carboxylic acids is 2. The second-order valence-corrected chi connectivity index (χ2v) is 8.51. The van der Waals surface area contributed by atoms with Crippen molar-refractivity contribution in [2.45, 2.75) is 19.3 Å². The zero-order valence-corrected chi connectivity index (χ0v) is 19.1. The summed E-state index contributed by atoms with van der Waals surface area (Å²) in [6, 6.07) is 32.4. The van der Waals surface area contributed by atoms with Gasteiger partial charge in [-0.1, -0.05) is 66.7 Å². The zero-order valence-electron chi connectivity index (χ0n) is 19.1. The zero-order chi connectivity index (χ0) is 24.6. The maximum Gasteiger partial charge on any atom is 0.336 e. The molecule has 0 bridgehead atoms. The Morgan fingerprint density at radius 2 is 1.06 bits per heavy atom. The number of carbonyl (C=O) groups is 2. The highest BCUT2D eigenvalue weighted by Crippen LogP contribution is 2.25. The van der Waals surface area contributed by atoms with Crippen LogP contribution in [0.4, 0.5) is 0 Å². The van der Waals surface area contributed by atoms with Crippen LogP contribution in [0.15, 0.2) is 103 Å². The number of hydrogen-bond donors (Lipinski definition) is 2. The quantitative estimate of drug-likeness (QED) is 0.278. The van der Waals surface area contributed by atoms with Crippen LogP contribution in [0.25, 0.3) is 0 Å². The summed E-state index contributed by atoms with van der Waals surface area (Å²) in [5.41, 5.74) is 2.76. The largest absolute Gasteiger partial charge is 0.478 e. The molecule has 4 aromatic rings. The minimum absolute atomic E-state index is 0.184. The van der Waals surface area contributed by atoms with Crippen LogP contribution in [0.5, 0.6) is 11.5 Å². The normalized spacial score (nSPS) is 11.5. The van der Waals surface area contributed by atoms with Crippen molar-refractivity contribution in [2.75, 3.05) is 0 Å². The number of rotatable bonds is 10. The Balaban J connectivity index is 1.54. The first-order valence-corrected chi connectivity index (χ1v) is 11.4. The summed E-state index contributed by atoms with van der Waals surface area (Å²) >= 11 is 0. The molecule has 0 radical (unpaired) electrons. The minimum atomic E-state index is -1.24. The molecule has 0 saturated heterocycles. The van der Waals surface area contributed by atoms with E-state index in [1.54, 1.807) is 6.07 Å². The summed E-state index contributed by atoms with van der Waals surface area (Å²) in [6.07, 6.45) is 2.22. The van der Waals surface area contributed by atoms with Crippen molar-refractivity contribution in [3.8, 4) is 11.5 Å². The summed E-state index contributed by atoms with van der Waals surface area (Å²) in [5, 5.41) is 18.8.